The Bertz CT molecular complexity index is 1070. The zero-order valence-corrected chi connectivity index (χ0v) is 17.1. The maximum atomic E-state index is 13.2. The number of carbonyl (C=O) groups is 1. The summed E-state index contributed by atoms with van der Waals surface area (Å²) < 4.78 is 5.23. The summed E-state index contributed by atoms with van der Waals surface area (Å²) in [6, 6.07) is 18.1. The van der Waals surface area contributed by atoms with Crippen molar-refractivity contribution in [1.82, 2.24) is 9.99 Å². The van der Waals surface area contributed by atoms with Crippen molar-refractivity contribution in [2.24, 2.45) is 5.10 Å². The van der Waals surface area contributed by atoms with E-state index < -0.39 is 0 Å². The van der Waals surface area contributed by atoms with Crippen LogP contribution in [0.25, 0.3) is 0 Å². The van der Waals surface area contributed by atoms with Crippen LogP contribution in [0.4, 0.5) is 0 Å². The number of amides is 1. The van der Waals surface area contributed by atoms with Gasteiger partial charge in [-0.05, 0) is 59.7 Å². The molecule has 1 amide bonds. The average Bonchev–Trinajstić information content (AvgIpc) is 3.19. The minimum atomic E-state index is -0.299. The van der Waals surface area contributed by atoms with E-state index in [1.54, 1.807) is 25.4 Å². The molecule has 0 saturated heterocycles. The van der Waals surface area contributed by atoms with E-state index in [9.17, 15) is 4.79 Å². The second-order valence-corrected chi connectivity index (χ2v) is 7.33. The Balaban J connectivity index is 1.73. The maximum Gasteiger partial charge on any atom is 0.277 e. The van der Waals surface area contributed by atoms with E-state index in [1.165, 1.54) is 5.01 Å². The number of pyridine rings is 1. The van der Waals surface area contributed by atoms with Crippen LogP contribution in [0.15, 0.2) is 72.0 Å². The molecule has 1 unspecified atom stereocenters. The third kappa shape index (κ3) is 3.97. The number of ether oxygens (including phenoxy) is 1. The van der Waals surface area contributed by atoms with Gasteiger partial charge in [0.15, 0.2) is 0 Å². The Morgan fingerprint density at radius 3 is 2.45 bits per heavy atom. The summed E-state index contributed by atoms with van der Waals surface area (Å²) >= 11 is 12.2. The summed E-state index contributed by atoms with van der Waals surface area (Å²) in [6.45, 7) is 0. The molecule has 2 heterocycles. The number of hydrogen-bond donors (Lipinski definition) is 0. The van der Waals surface area contributed by atoms with Gasteiger partial charge in [-0.2, -0.15) is 5.10 Å². The highest BCUT2D eigenvalue weighted by Crippen LogP contribution is 2.35. The predicted molar refractivity (Wildman–Crippen MR) is 114 cm³/mol. The number of carbonyl (C=O) groups excluding carboxylic acids is 1. The highest BCUT2D eigenvalue weighted by molar-refractivity contribution is 6.32. The van der Waals surface area contributed by atoms with E-state index in [2.05, 4.69) is 10.1 Å². The van der Waals surface area contributed by atoms with Gasteiger partial charge in [0.1, 0.15) is 10.9 Å². The lowest BCUT2D eigenvalue weighted by atomic mass is 9.98. The van der Waals surface area contributed by atoms with Crippen molar-refractivity contribution in [1.29, 1.82) is 0 Å². The second kappa shape index (κ2) is 8.23. The first-order valence-corrected chi connectivity index (χ1v) is 9.74. The van der Waals surface area contributed by atoms with Gasteiger partial charge in [0.05, 0.1) is 24.4 Å². The fraction of sp³-hybridized carbons (Fsp3) is 0.136. The van der Waals surface area contributed by atoms with Crippen molar-refractivity contribution < 1.29 is 9.53 Å². The molecule has 0 bridgehead atoms. The number of hydrazone groups is 1. The first-order chi connectivity index (χ1) is 14.1. The quantitative estimate of drug-likeness (QED) is 0.526. The van der Waals surface area contributed by atoms with Gasteiger partial charge < -0.3 is 4.74 Å². The molecule has 146 valence electrons. The van der Waals surface area contributed by atoms with Gasteiger partial charge in [-0.15, -0.1) is 0 Å². The fourth-order valence-electron chi connectivity index (χ4n) is 3.27. The maximum absolute atomic E-state index is 13.2. The van der Waals surface area contributed by atoms with Crippen LogP contribution in [0, 0.1) is 0 Å². The molecule has 1 aliphatic heterocycles. The molecule has 0 spiro atoms. The number of hydrogen-bond acceptors (Lipinski definition) is 4. The third-order valence-corrected chi connectivity index (χ3v) is 5.34. The Kier molecular flexibility index (Phi) is 5.51. The lowest BCUT2D eigenvalue weighted by molar-refractivity contribution is 0.0711. The molecule has 29 heavy (non-hydrogen) atoms. The van der Waals surface area contributed by atoms with E-state index in [-0.39, 0.29) is 17.1 Å². The molecule has 3 aromatic rings. The molecule has 0 radical (unpaired) electrons. The Hall–Kier alpha value is -2.89. The van der Waals surface area contributed by atoms with E-state index in [0.29, 0.717) is 17.0 Å². The number of halogens is 2. The van der Waals surface area contributed by atoms with Gasteiger partial charge in [0.25, 0.3) is 5.91 Å². The smallest absolute Gasteiger partial charge is 0.277 e. The van der Waals surface area contributed by atoms with E-state index in [1.807, 2.05) is 48.5 Å². The van der Waals surface area contributed by atoms with Crippen LogP contribution in [0.1, 0.15) is 33.9 Å². The van der Waals surface area contributed by atoms with Crippen LogP contribution >= 0.6 is 23.2 Å². The zero-order valence-electron chi connectivity index (χ0n) is 15.5. The van der Waals surface area contributed by atoms with E-state index in [4.69, 9.17) is 27.9 Å². The lowest BCUT2D eigenvalue weighted by Crippen LogP contribution is -2.27. The van der Waals surface area contributed by atoms with Gasteiger partial charge in [-0.25, -0.2) is 9.99 Å². The van der Waals surface area contributed by atoms with Crippen LogP contribution in [0.2, 0.25) is 10.2 Å². The van der Waals surface area contributed by atoms with Gasteiger partial charge in [-0.3, -0.25) is 4.79 Å². The number of nitrogens with zero attached hydrogens (tertiary/aromatic N) is 3. The molecule has 7 heteroatoms. The normalized spacial score (nSPS) is 15.9. The summed E-state index contributed by atoms with van der Waals surface area (Å²) in [7, 11) is 1.62. The van der Waals surface area contributed by atoms with Crippen LogP contribution < -0.4 is 4.74 Å². The van der Waals surface area contributed by atoms with Crippen molar-refractivity contribution in [3.63, 3.8) is 0 Å². The number of methoxy groups -OCH3 is 1. The number of benzene rings is 2. The summed E-state index contributed by atoms with van der Waals surface area (Å²) in [5.41, 5.74) is 2.99. The van der Waals surface area contributed by atoms with Gasteiger partial charge in [0, 0.05) is 17.6 Å². The second-order valence-electron chi connectivity index (χ2n) is 6.54. The number of rotatable bonds is 4. The predicted octanol–water partition coefficient (Wildman–Crippen LogP) is 5.39. The molecule has 1 aromatic heterocycles. The molecule has 4 rings (SSSR count). The molecular weight excluding hydrogens is 409 g/mol. The third-order valence-electron chi connectivity index (χ3n) is 4.79. The molecule has 1 aliphatic rings. The Morgan fingerprint density at radius 2 is 1.79 bits per heavy atom. The van der Waals surface area contributed by atoms with Crippen molar-refractivity contribution >= 4 is 34.8 Å². The monoisotopic (exact) mass is 425 g/mol. The molecule has 0 saturated carbocycles. The minimum absolute atomic E-state index is 0.153. The fourth-order valence-corrected chi connectivity index (χ4v) is 3.60. The molecule has 0 aliphatic carbocycles. The lowest BCUT2D eigenvalue weighted by Gasteiger charge is -2.22. The molecule has 0 fully saturated rings. The van der Waals surface area contributed by atoms with Gasteiger partial charge in [-0.1, -0.05) is 35.3 Å². The summed E-state index contributed by atoms with van der Waals surface area (Å²) in [5.74, 6) is 0.461. The van der Waals surface area contributed by atoms with Gasteiger partial charge >= 0.3 is 0 Å². The average molecular weight is 426 g/mol. The standard InChI is InChI=1S/C22H17Cl2N3O2/c1-29-17-10-6-14(7-11-17)19-13-20(15-4-8-16(23)9-5-15)27(26-19)22(28)18-3-2-12-25-21(18)24/h2-12,20H,13H2,1H3. The van der Waals surface area contributed by atoms with E-state index >= 15 is 0 Å². The topological polar surface area (TPSA) is 54.8 Å². The molecule has 0 N–H and O–H groups in total. The summed E-state index contributed by atoms with van der Waals surface area (Å²) in [6.07, 6.45) is 2.11. The van der Waals surface area contributed by atoms with Crippen molar-refractivity contribution in [3.05, 3.63) is 93.7 Å². The van der Waals surface area contributed by atoms with E-state index in [0.717, 1.165) is 22.6 Å². The largest absolute Gasteiger partial charge is 0.497 e. The van der Waals surface area contributed by atoms with Crippen molar-refractivity contribution in [3.8, 4) is 5.75 Å². The van der Waals surface area contributed by atoms with Crippen molar-refractivity contribution in [2.45, 2.75) is 12.5 Å². The van der Waals surface area contributed by atoms with Crippen LogP contribution in [-0.4, -0.2) is 28.7 Å². The Morgan fingerprint density at radius 1 is 1.07 bits per heavy atom. The highest BCUT2D eigenvalue weighted by Gasteiger charge is 2.34. The molecule has 5 nitrogen and oxygen atoms in total. The SMILES string of the molecule is COc1ccc(C2=NN(C(=O)c3cccnc3Cl)C(c3ccc(Cl)cc3)C2)cc1. The van der Waals surface area contributed by atoms with Gasteiger partial charge in [0.2, 0.25) is 0 Å². The molecular formula is C22H17Cl2N3O2. The first-order valence-electron chi connectivity index (χ1n) is 8.98. The minimum Gasteiger partial charge on any atom is -0.497 e. The summed E-state index contributed by atoms with van der Waals surface area (Å²) in [4.78, 5) is 17.3. The van der Waals surface area contributed by atoms with Crippen LogP contribution in [-0.2, 0) is 0 Å². The van der Waals surface area contributed by atoms with Crippen molar-refractivity contribution in [2.75, 3.05) is 7.11 Å². The highest BCUT2D eigenvalue weighted by atomic mass is 35.5. The zero-order chi connectivity index (χ0) is 20.4. The molecule has 1 atom stereocenters. The number of aromatic nitrogens is 1. The van der Waals surface area contributed by atoms with Crippen LogP contribution in [0.5, 0.6) is 5.75 Å². The molecule has 2 aromatic carbocycles. The Labute approximate surface area is 178 Å². The first kappa shape index (κ1) is 19.4. The summed E-state index contributed by atoms with van der Waals surface area (Å²) in [5, 5.41) is 6.92. The van der Waals surface area contributed by atoms with Crippen LogP contribution in [0.3, 0.4) is 0 Å².